The largest absolute Gasteiger partial charge is 0.445 e. The molecule has 0 fully saturated rings. The van der Waals surface area contributed by atoms with E-state index < -0.39 is 30.0 Å². The average molecular weight is 391 g/mol. The molecule has 1 aromatic rings. The highest BCUT2D eigenvalue weighted by atomic mass is 16.5. The lowest BCUT2D eigenvalue weighted by Gasteiger charge is -2.24. The van der Waals surface area contributed by atoms with Gasteiger partial charge in [0.2, 0.25) is 11.8 Å². The predicted octanol–water partition coefficient (Wildman–Crippen LogP) is 1.67. The number of ether oxygens (including phenoxy) is 1. The van der Waals surface area contributed by atoms with Crippen LogP contribution in [0.15, 0.2) is 30.3 Å². The molecular formula is C20H29N3O5. The maximum atomic E-state index is 12.5. The molecule has 154 valence electrons. The Balaban J connectivity index is 2.64. The van der Waals surface area contributed by atoms with Crippen LogP contribution in [-0.2, 0) is 25.7 Å². The van der Waals surface area contributed by atoms with Crippen LogP contribution in [0.2, 0.25) is 0 Å². The van der Waals surface area contributed by atoms with Crippen LogP contribution >= 0.6 is 0 Å². The van der Waals surface area contributed by atoms with Gasteiger partial charge in [-0.3, -0.25) is 14.4 Å². The minimum absolute atomic E-state index is 0.0245. The van der Waals surface area contributed by atoms with E-state index in [4.69, 9.17) is 10.5 Å². The van der Waals surface area contributed by atoms with Crippen molar-refractivity contribution in [3.63, 3.8) is 0 Å². The van der Waals surface area contributed by atoms with Crippen molar-refractivity contribution in [3.8, 4) is 0 Å². The Morgan fingerprint density at radius 2 is 1.71 bits per heavy atom. The van der Waals surface area contributed by atoms with Crippen molar-refractivity contribution in [2.45, 2.75) is 58.7 Å². The third-order valence-electron chi connectivity index (χ3n) is 4.20. The molecule has 0 saturated carbocycles. The van der Waals surface area contributed by atoms with E-state index in [9.17, 15) is 19.2 Å². The summed E-state index contributed by atoms with van der Waals surface area (Å²) in [6.45, 7) is 5.30. The first-order valence-corrected chi connectivity index (χ1v) is 9.33. The Labute approximate surface area is 165 Å². The second-order valence-corrected chi connectivity index (χ2v) is 6.82. The van der Waals surface area contributed by atoms with Crippen molar-refractivity contribution < 1.29 is 23.9 Å². The number of carbonyl (C=O) groups excluding carboxylic acids is 4. The van der Waals surface area contributed by atoms with Gasteiger partial charge in [-0.2, -0.15) is 0 Å². The Morgan fingerprint density at radius 1 is 1.07 bits per heavy atom. The average Bonchev–Trinajstić information content (AvgIpc) is 2.67. The zero-order valence-corrected chi connectivity index (χ0v) is 16.6. The van der Waals surface area contributed by atoms with Crippen LogP contribution in [0.4, 0.5) is 4.79 Å². The summed E-state index contributed by atoms with van der Waals surface area (Å²) in [7, 11) is 0. The maximum Gasteiger partial charge on any atom is 0.408 e. The number of carbonyl (C=O) groups is 4. The highest BCUT2D eigenvalue weighted by molar-refractivity contribution is 5.91. The van der Waals surface area contributed by atoms with E-state index >= 15 is 0 Å². The van der Waals surface area contributed by atoms with Crippen LogP contribution in [0.25, 0.3) is 0 Å². The number of rotatable bonds is 11. The highest BCUT2D eigenvalue weighted by Gasteiger charge is 2.28. The summed E-state index contributed by atoms with van der Waals surface area (Å²) in [5.41, 5.74) is 6.14. The van der Waals surface area contributed by atoms with Crippen LogP contribution < -0.4 is 16.4 Å². The highest BCUT2D eigenvalue weighted by Crippen LogP contribution is 2.07. The first kappa shape index (κ1) is 23.1. The minimum atomic E-state index is -0.980. The molecule has 0 spiro atoms. The number of Topliss-reactive ketones (excluding diaryl/α,β-unsaturated/α-hetero) is 1. The monoisotopic (exact) mass is 391 g/mol. The maximum absolute atomic E-state index is 12.5. The van der Waals surface area contributed by atoms with Gasteiger partial charge in [-0.15, -0.1) is 0 Å². The smallest absolute Gasteiger partial charge is 0.408 e. The fraction of sp³-hybridized carbons (Fsp3) is 0.500. The number of nitrogens with two attached hydrogens (primary N) is 1. The number of ketones is 1. The van der Waals surface area contributed by atoms with E-state index in [0.717, 1.165) is 5.56 Å². The van der Waals surface area contributed by atoms with Crippen LogP contribution in [0.5, 0.6) is 0 Å². The molecule has 0 aliphatic rings. The zero-order valence-electron chi connectivity index (χ0n) is 16.6. The predicted molar refractivity (Wildman–Crippen MR) is 104 cm³/mol. The van der Waals surface area contributed by atoms with Crippen LogP contribution in [0.3, 0.4) is 0 Å². The quantitative estimate of drug-likeness (QED) is 0.529. The lowest BCUT2D eigenvalue weighted by atomic mass is 10.0. The number of hydrogen-bond donors (Lipinski definition) is 3. The molecular weight excluding hydrogens is 362 g/mol. The van der Waals surface area contributed by atoms with Gasteiger partial charge in [0.15, 0.2) is 0 Å². The molecule has 4 N–H and O–H groups in total. The van der Waals surface area contributed by atoms with Crippen molar-refractivity contribution in [1.29, 1.82) is 0 Å². The fourth-order valence-corrected chi connectivity index (χ4v) is 2.46. The topological polar surface area (TPSA) is 128 Å². The number of alkyl carbamates (subject to hydrolysis) is 1. The molecule has 8 nitrogen and oxygen atoms in total. The van der Waals surface area contributed by atoms with Crippen molar-refractivity contribution in [3.05, 3.63) is 35.9 Å². The lowest BCUT2D eigenvalue weighted by molar-refractivity contribution is -0.129. The van der Waals surface area contributed by atoms with E-state index in [2.05, 4.69) is 10.6 Å². The first-order valence-electron chi connectivity index (χ1n) is 9.33. The van der Waals surface area contributed by atoms with Gasteiger partial charge in [0.1, 0.15) is 24.5 Å². The Bertz CT molecular complexity index is 676. The van der Waals surface area contributed by atoms with Crippen LogP contribution in [-0.4, -0.2) is 35.8 Å². The van der Waals surface area contributed by atoms with Gasteiger partial charge in [-0.1, -0.05) is 51.1 Å². The first-order chi connectivity index (χ1) is 13.2. The molecule has 8 heteroatoms. The van der Waals surface area contributed by atoms with Gasteiger partial charge in [0, 0.05) is 12.8 Å². The molecule has 1 aromatic carbocycles. The van der Waals surface area contributed by atoms with Gasteiger partial charge in [-0.25, -0.2) is 4.79 Å². The normalized spacial score (nSPS) is 12.7. The molecule has 2 atom stereocenters. The molecule has 0 unspecified atom stereocenters. The molecule has 0 aromatic heterocycles. The molecule has 3 amide bonds. The summed E-state index contributed by atoms with van der Waals surface area (Å²) in [4.78, 5) is 47.7. The van der Waals surface area contributed by atoms with Crippen molar-refractivity contribution in [2.24, 2.45) is 11.7 Å². The molecule has 0 aliphatic heterocycles. The third kappa shape index (κ3) is 8.20. The Hall–Kier alpha value is -2.90. The zero-order chi connectivity index (χ0) is 21.1. The van der Waals surface area contributed by atoms with Crippen molar-refractivity contribution in [2.75, 3.05) is 0 Å². The van der Waals surface area contributed by atoms with E-state index in [1.165, 1.54) is 0 Å². The van der Waals surface area contributed by atoms with Gasteiger partial charge in [0.25, 0.3) is 0 Å². The molecule has 0 saturated heterocycles. The third-order valence-corrected chi connectivity index (χ3v) is 4.20. The SMILES string of the molecule is CCC(=O)CC[C@H](NC(=O)[C@@H](NC(=O)OCc1ccccc1)C(C)C)C(N)=O. The fourth-order valence-electron chi connectivity index (χ4n) is 2.46. The molecule has 0 heterocycles. The van der Waals surface area contributed by atoms with Crippen LogP contribution in [0.1, 0.15) is 45.6 Å². The summed E-state index contributed by atoms with van der Waals surface area (Å²) in [6, 6.07) is 7.25. The summed E-state index contributed by atoms with van der Waals surface area (Å²) < 4.78 is 5.14. The number of benzene rings is 1. The summed E-state index contributed by atoms with van der Waals surface area (Å²) in [5, 5.41) is 5.04. The second kappa shape index (κ2) is 11.7. The number of amides is 3. The second-order valence-electron chi connectivity index (χ2n) is 6.82. The molecule has 1 rings (SSSR count). The Kier molecular flexibility index (Phi) is 9.70. The molecule has 0 aliphatic carbocycles. The minimum Gasteiger partial charge on any atom is -0.445 e. The summed E-state index contributed by atoms with van der Waals surface area (Å²) >= 11 is 0. The van der Waals surface area contributed by atoms with Gasteiger partial charge in [-0.05, 0) is 17.9 Å². The van der Waals surface area contributed by atoms with Crippen LogP contribution in [0, 0.1) is 5.92 Å². The van der Waals surface area contributed by atoms with Gasteiger partial charge >= 0.3 is 6.09 Å². The van der Waals surface area contributed by atoms with Gasteiger partial charge in [0.05, 0.1) is 0 Å². The molecule has 28 heavy (non-hydrogen) atoms. The van der Waals surface area contributed by atoms with Crippen molar-refractivity contribution in [1.82, 2.24) is 10.6 Å². The number of nitrogens with one attached hydrogen (secondary N) is 2. The molecule has 0 bridgehead atoms. The summed E-state index contributed by atoms with van der Waals surface area (Å²) in [6.07, 6.45) is -0.127. The van der Waals surface area contributed by atoms with E-state index in [0.29, 0.717) is 6.42 Å². The number of primary amides is 1. The standard InChI is InChI=1S/C20H29N3O5/c1-4-15(24)10-11-16(18(21)25)22-19(26)17(13(2)3)23-20(27)28-12-14-8-6-5-7-9-14/h5-9,13,16-17H,4,10-12H2,1-3H3,(H2,21,25)(H,22,26)(H,23,27)/t16-,17-/m0/s1. The lowest BCUT2D eigenvalue weighted by Crippen LogP contribution is -2.54. The van der Waals surface area contributed by atoms with E-state index in [1.807, 2.05) is 30.3 Å². The van der Waals surface area contributed by atoms with E-state index in [1.54, 1.807) is 20.8 Å². The molecule has 0 radical (unpaired) electrons. The van der Waals surface area contributed by atoms with Gasteiger partial charge < -0.3 is 21.1 Å². The summed E-state index contributed by atoms with van der Waals surface area (Å²) in [5.74, 6) is -1.57. The number of hydrogen-bond acceptors (Lipinski definition) is 5. The van der Waals surface area contributed by atoms with Crippen molar-refractivity contribution >= 4 is 23.7 Å². The van der Waals surface area contributed by atoms with E-state index in [-0.39, 0.29) is 31.1 Å². The Morgan fingerprint density at radius 3 is 2.25 bits per heavy atom.